The van der Waals surface area contributed by atoms with Crippen LogP contribution in [0.1, 0.15) is 16.8 Å². The first-order valence-electron chi connectivity index (χ1n) is 8.91. The Labute approximate surface area is 187 Å². The smallest absolute Gasteiger partial charge is 0.226 e. The summed E-state index contributed by atoms with van der Waals surface area (Å²) in [6, 6.07) is 13.1. The van der Waals surface area contributed by atoms with E-state index in [2.05, 4.69) is 20.6 Å². The molecule has 0 unspecified atom stereocenters. The second kappa shape index (κ2) is 10.7. The molecular formula is C21H25IN4O3. The van der Waals surface area contributed by atoms with Crippen molar-refractivity contribution in [1.29, 1.82) is 0 Å². The number of ether oxygens (including phenoxy) is 1. The van der Waals surface area contributed by atoms with Crippen molar-refractivity contribution in [2.45, 2.75) is 20.0 Å². The lowest BCUT2D eigenvalue weighted by Crippen LogP contribution is -2.36. The van der Waals surface area contributed by atoms with E-state index in [4.69, 9.17) is 9.15 Å². The minimum Gasteiger partial charge on any atom is -0.508 e. The molecule has 0 fully saturated rings. The maximum atomic E-state index is 9.97. The number of oxazole rings is 1. The Hall–Kier alpha value is -2.75. The molecule has 1 aromatic heterocycles. The number of phenolic OH excluding ortho intramolecular Hbond substituents is 1. The zero-order chi connectivity index (χ0) is 19.9. The van der Waals surface area contributed by atoms with E-state index >= 15 is 0 Å². The van der Waals surface area contributed by atoms with E-state index in [-0.39, 0.29) is 29.7 Å². The van der Waals surface area contributed by atoms with Gasteiger partial charge < -0.3 is 24.9 Å². The molecule has 2 aromatic carbocycles. The number of nitrogens with zero attached hydrogens (tertiary/aromatic N) is 2. The van der Waals surface area contributed by atoms with Gasteiger partial charge in [0.2, 0.25) is 5.89 Å². The number of halogens is 1. The van der Waals surface area contributed by atoms with Crippen molar-refractivity contribution in [3.8, 4) is 23.0 Å². The third-order valence-electron chi connectivity index (χ3n) is 4.24. The maximum absolute atomic E-state index is 9.97. The molecule has 0 atom stereocenters. The molecular weight excluding hydrogens is 483 g/mol. The van der Waals surface area contributed by atoms with Gasteiger partial charge in [-0.05, 0) is 37.3 Å². The minimum atomic E-state index is 0. The first-order chi connectivity index (χ1) is 13.6. The van der Waals surface area contributed by atoms with Crippen molar-refractivity contribution in [2.75, 3.05) is 14.2 Å². The van der Waals surface area contributed by atoms with Crippen LogP contribution in [0.25, 0.3) is 11.5 Å². The zero-order valence-corrected chi connectivity index (χ0v) is 18.9. The van der Waals surface area contributed by atoms with Gasteiger partial charge in [-0.25, -0.2) is 4.98 Å². The first-order valence-corrected chi connectivity index (χ1v) is 8.91. The molecule has 0 saturated heterocycles. The van der Waals surface area contributed by atoms with Gasteiger partial charge in [0.15, 0.2) is 5.96 Å². The van der Waals surface area contributed by atoms with Gasteiger partial charge in [-0.2, -0.15) is 0 Å². The summed E-state index contributed by atoms with van der Waals surface area (Å²) in [5.74, 6) is 2.05. The summed E-state index contributed by atoms with van der Waals surface area (Å²) in [4.78, 5) is 8.69. The lowest BCUT2D eigenvalue weighted by molar-refractivity contribution is 0.410. The largest absolute Gasteiger partial charge is 0.508 e. The number of methoxy groups -OCH3 is 1. The van der Waals surface area contributed by atoms with E-state index in [9.17, 15) is 5.11 Å². The molecule has 0 radical (unpaired) electrons. The van der Waals surface area contributed by atoms with Crippen molar-refractivity contribution in [2.24, 2.45) is 4.99 Å². The average molecular weight is 508 g/mol. The van der Waals surface area contributed by atoms with Crippen LogP contribution in [-0.4, -0.2) is 30.2 Å². The van der Waals surface area contributed by atoms with Crippen molar-refractivity contribution in [3.63, 3.8) is 0 Å². The summed E-state index contributed by atoms with van der Waals surface area (Å²) >= 11 is 0. The van der Waals surface area contributed by atoms with Gasteiger partial charge in [-0.1, -0.05) is 17.7 Å². The summed E-state index contributed by atoms with van der Waals surface area (Å²) in [5.41, 5.74) is 3.61. The highest BCUT2D eigenvalue weighted by Gasteiger charge is 2.08. The number of aromatic hydroxyl groups is 1. The fourth-order valence-corrected chi connectivity index (χ4v) is 2.62. The molecule has 0 bridgehead atoms. The summed E-state index contributed by atoms with van der Waals surface area (Å²) in [6.07, 6.45) is 1.63. The van der Waals surface area contributed by atoms with Crippen LogP contribution in [0.15, 0.2) is 58.1 Å². The number of rotatable bonds is 6. The van der Waals surface area contributed by atoms with Crippen LogP contribution in [0.2, 0.25) is 0 Å². The fourth-order valence-electron chi connectivity index (χ4n) is 2.62. The second-order valence-corrected chi connectivity index (χ2v) is 6.28. The summed E-state index contributed by atoms with van der Waals surface area (Å²) < 4.78 is 10.8. The predicted molar refractivity (Wildman–Crippen MR) is 124 cm³/mol. The van der Waals surface area contributed by atoms with E-state index in [1.807, 2.05) is 31.2 Å². The van der Waals surface area contributed by atoms with Gasteiger partial charge in [0.25, 0.3) is 0 Å². The van der Waals surface area contributed by atoms with Gasteiger partial charge in [0.05, 0.1) is 19.3 Å². The fraction of sp³-hybridized carbons (Fsp3) is 0.238. The molecule has 29 heavy (non-hydrogen) atoms. The van der Waals surface area contributed by atoms with E-state index in [1.165, 1.54) is 5.56 Å². The quantitative estimate of drug-likeness (QED) is 0.266. The molecule has 0 saturated carbocycles. The Bertz CT molecular complexity index is 955. The summed E-state index contributed by atoms with van der Waals surface area (Å²) in [5, 5.41) is 16.3. The van der Waals surface area contributed by atoms with Crippen LogP contribution < -0.4 is 15.4 Å². The zero-order valence-electron chi connectivity index (χ0n) is 16.6. The number of hydrogen-bond acceptors (Lipinski definition) is 5. The third kappa shape index (κ3) is 6.11. The Morgan fingerprint density at radius 1 is 1.14 bits per heavy atom. The van der Waals surface area contributed by atoms with Crippen LogP contribution in [0.3, 0.4) is 0 Å². The van der Waals surface area contributed by atoms with Crippen molar-refractivity contribution in [1.82, 2.24) is 15.6 Å². The van der Waals surface area contributed by atoms with Crippen LogP contribution >= 0.6 is 24.0 Å². The third-order valence-corrected chi connectivity index (χ3v) is 4.24. The highest BCUT2D eigenvalue weighted by Crippen LogP contribution is 2.22. The first kappa shape index (κ1) is 22.5. The molecule has 3 N–H and O–H groups in total. The number of guanidine groups is 1. The Balaban J connectivity index is 0.00000300. The molecule has 7 nitrogen and oxygen atoms in total. The molecule has 0 aliphatic heterocycles. The number of aromatic nitrogens is 1. The normalized spacial score (nSPS) is 10.9. The Morgan fingerprint density at radius 3 is 2.55 bits per heavy atom. The van der Waals surface area contributed by atoms with Crippen molar-refractivity contribution in [3.05, 3.63) is 65.5 Å². The number of aliphatic imine (C=N–C) groups is 1. The van der Waals surface area contributed by atoms with Gasteiger partial charge in [-0.15, -0.1) is 24.0 Å². The lowest BCUT2D eigenvalue weighted by atomic mass is 10.1. The monoisotopic (exact) mass is 508 g/mol. The van der Waals surface area contributed by atoms with Crippen LogP contribution in [0, 0.1) is 6.92 Å². The van der Waals surface area contributed by atoms with E-state index in [1.54, 1.807) is 38.6 Å². The van der Waals surface area contributed by atoms with Gasteiger partial charge >= 0.3 is 0 Å². The number of aryl methyl sites for hydroxylation is 1. The minimum absolute atomic E-state index is 0. The SMILES string of the molecule is CN=C(NCc1coc(-c2ccc(C)cc2)n1)NCc1cc(OC)ccc1O.I. The number of phenols is 1. The highest BCUT2D eigenvalue weighted by atomic mass is 127. The summed E-state index contributed by atoms with van der Waals surface area (Å²) in [6.45, 7) is 2.90. The van der Waals surface area contributed by atoms with Gasteiger partial charge in [-0.3, -0.25) is 4.99 Å². The second-order valence-electron chi connectivity index (χ2n) is 6.28. The molecule has 1 heterocycles. The molecule has 3 aromatic rings. The number of hydrogen-bond donors (Lipinski definition) is 3. The maximum Gasteiger partial charge on any atom is 0.226 e. The topological polar surface area (TPSA) is 91.9 Å². The van der Waals surface area contributed by atoms with E-state index < -0.39 is 0 Å². The Kier molecular flexibility index (Phi) is 8.32. The Morgan fingerprint density at radius 2 is 1.86 bits per heavy atom. The van der Waals surface area contributed by atoms with Gasteiger partial charge in [0.1, 0.15) is 17.8 Å². The van der Waals surface area contributed by atoms with Crippen LogP contribution in [0.4, 0.5) is 0 Å². The molecule has 0 spiro atoms. The van der Waals surface area contributed by atoms with Crippen molar-refractivity contribution < 1.29 is 14.3 Å². The number of benzene rings is 2. The van der Waals surface area contributed by atoms with Crippen LogP contribution in [-0.2, 0) is 13.1 Å². The molecule has 0 aliphatic rings. The number of nitrogens with one attached hydrogen (secondary N) is 2. The molecule has 0 aliphatic carbocycles. The molecule has 8 heteroatoms. The highest BCUT2D eigenvalue weighted by molar-refractivity contribution is 14.0. The average Bonchev–Trinajstić information content (AvgIpc) is 3.19. The van der Waals surface area contributed by atoms with E-state index in [0.29, 0.717) is 36.3 Å². The van der Waals surface area contributed by atoms with Crippen molar-refractivity contribution >= 4 is 29.9 Å². The van der Waals surface area contributed by atoms with Crippen LogP contribution in [0.5, 0.6) is 11.5 Å². The molecule has 3 rings (SSSR count). The standard InChI is InChI=1S/C21H24N4O3.HI/c1-14-4-6-15(7-5-14)20-25-17(13-28-20)12-24-21(22-2)23-11-16-10-18(27-3)8-9-19(16)26;/h4-10,13,26H,11-12H2,1-3H3,(H2,22,23,24);1H. The van der Waals surface area contributed by atoms with E-state index in [0.717, 1.165) is 11.3 Å². The predicted octanol–water partition coefficient (Wildman–Crippen LogP) is 3.85. The molecule has 154 valence electrons. The lowest BCUT2D eigenvalue weighted by Gasteiger charge is -2.12. The molecule has 0 amide bonds. The van der Waals surface area contributed by atoms with Gasteiger partial charge in [0, 0.05) is 24.7 Å². The summed E-state index contributed by atoms with van der Waals surface area (Å²) in [7, 11) is 3.27.